The summed E-state index contributed by atoms with van der Waals surface area (Å²) >= 11 is 0. The second-order valence-electron chi connectivity index (χ2n) is 19.0. The first kappa shape index (κ1) is 43.3. The summed E-state index contributed by atoms with van der Waals surface area (Å²) in [5, 5.41) is 2.22. The minimum atomic E-state index is -0.644. The Hall–Kier alpha value is -9.03. The van der Waals surface area contributed by atoms with Gasteiger partial charge in [0.2, 0.25) is 11.4 Å². The fourth-order valence-electron chi connectivity index (χ4n) is 9.78. The number of hydrogen-bond donors (Lipinski definition) is 0. The van der Waals surface area contributed by atoms with E-state index in [0.717, 1.165) is 89.8 Å². The first-order valence-electron chi connectivity index (χ1n) is 23.7. The number of rotatable bonds is 9. The molecular formula is C64H46F2N4O+2. The molecule has 340 valence electrons. The van der Waals surface area contributed by atoms with E-state index in [2.05, 4.69) is 165 Å². The van der Waals surface area contributed by atoms with Crippen LogP contribution in [0.1, 0.15) is 26.3 Å². The van der Waals surface area contributed by atoms with Crippen molar-refractivity contribution in [3.63, 3.8) is 0 Å². The van der Waals surface area contributed by atoms with Crippen molar-refractivity contribution in [2.24, 2.45) is 0 Å². The minimum absolute atomic E-state index is 0.0677. The summed E-state index contributed by atoms with van der Waals surface area (Å²) in [5.41, 5.74) is 13.8. The van der Waals surface area contributed by atoms with Gasteiger partial charge in [-0.15, -0.1) is 0 Å². The lowest BCUT2D eigenvalue weighted by Gasteiger charge is -2.20. The van der Waals surface area contributed by atoms with Gasteiger partial charge in [0, 0.05) is 53.4 Å². The maximum Gasteiger partial charge on any atom is 0.503 e. The lowest BCUT2D eigenvalue weighted by molar-refractivity contribution is 0.483. The van der Waals surface area contributed by atoms with Crippen LogP contribution >= 0.6 is 0 Å². The summed E-state index contributed by atoms with van der Waals surface area (Å²) in [7, 11) is 0. The third-order valence-corrected chi connectivity index (χ3v) is 13.2. The molecule has 0 unspecified atom stereocenters. The van der Waals surface area contributed by atoms with Crippen LogP contribution < -0.4 is 13.9 Å². The van der Waals surface area contributed by atoms with Crippen molar-refractivity contribution in [3.8, 4) is 61.8 Å². The number of benzene rings is 9. The summed E-state index contributed by atoms with van der Waals surface area (Å²) < 4.78 is 42.8. The van der Waals surface area contributed by atoms with E-state index in [4.69, 9.17) is 9.72 Å². The monoisotopic (exact) mass is 924 g/mol. The number of aromatic nitrogens is 2. The number of hydrogen-bond acceptors (Lipinski definition) is 2. The van der Waals surface area contributed by atoms with Crippen molar-refractivity contribution in [2.45, 2.75) is 26.2 Å². The predicted molar refractivity (Wildman–Crippen MR) is 286 cm³/mol. The Labute approximate surface area is 410 Å². The van der Waals surface area contributed by atoms with Crippen molar-refractivity contribution in [2.75, 3.05) is 0 Å². The Morgan fingerprint density at radius 1 is 0.451 bits per heavy atom. The minimum Gasteiger partial charge on any atom is -0.457 e. The molecule has 1 aliphatic heterocycles. The van der Waals surface area contributed by atoms with Gasteiger partial charge in [-0.1, -0.05) is 124 Å². The molecule has 0 fully saturated rings. The van der Waals surface area contributed by atoms with Crippen molar-refractivity contribution >= 4 is 50.6 Å². The maximum atomic E-state index is 14.7. The SMILES string of the molecule is CC(C)(C)c1ccnc(-n2c3ccccc3c3ccc(Oc4cc(-c5cc(-c6ccccc6)cc(-c6ccccc6)c5)cc([N+]5=C=[N+](c6ccccc6-c6cc(F)cc(F)c6)c6ccccc65)c4)cc32)c1. The van der Waals surface area contributed by atoms with Gasteiger partial charge in [0.25, 0.3) is 11.4 Å². The highest BCUT2D eigenvalue weighted by Gasteiger charge is 2.38. The van der Waals surface area contributed by atoms with Crippen LogP contribution in [-0.4, -0.2) is 15.6 Å². The van der Waals surface area contributed by atoms with Crippen LogP contribution in [-0.2, 0) is 5.41 Å². The second-order valence-corrected chi connectivity index (χ2v) is 19.0. The Balaban J connectivity index is 1.07. The van der Waals surface area contributed by atoms with E-state index >= 15 is 0 Å². The van der Waals surface area contributed by atoms with Crippen molar-refractivity contribution < 1.29 is 13.5 Å². The Morgan fingerprint density at radius 2 is 1.03 bits per heavy atom. The zero-order valence-electron chi connectivity index (χ0n) is 39.3. The summed E-state index contributed by atoms with van der Waals surface area (Å²) in [6, 6.07) is 75.9. The van der Waals surface area contributed by atoms with E-state index in [1.807, 2.05) is 82.1 Å². The van der Waals surface area contributed by atoms with Gasteiger partial charge in [-0.25, -0.2) is 13.8 Å². The standard InChI is InChI=1S/C64H46F2N4O/c1-64(2,3)49-28-29-67-63(37-49)70-59-23-13-11-21-56(59)57-27-26-53(40-62(57)70)71-54-36-47(46-31-44(42-16-6-4-7-17-42)30-45(32-46)43-18-8-5-9-19-43)35-52(39-54)68-41-69(61-25-15-14-24-60(61)68)58-22-12-10-20-55(58)48-33-50(65)38-51(66)34-48/h4-40H,1-3H3/q+2. The number of para-hydroxylation sites is 4. The zero-order valence-corrected chi connectivity index (χ0v) is 39.3. The topological polar surface area (TPSA) is 33.1 Å². The molecule has 9 aromatic carbocycles. The molecule has 12 rings (SSSR count). The number of nitrogens with zero attached hydrogens (tertiary/aromatic N) is 4. The van der Waals surface area contributed by atoms with E-state index in [1.54, 1.807) is 0 Å². The van der Waals surface area contributed by atoms with Gasteiger partial charge in [-0.3, -0.25) is 4.57 Å². The summed E-state index contributed by atoms with van der Waals surface area (Å²) in [6.07, 6.45) is 1.89. The highest BCUT2D eigenvalue weighted by molar-refractivity contribution is 6.09. The number of ether oxygens (including phenoxy) is 1. The summed E-state index contributed by atoms with van der Waals surface area (Å²) in [4.78, 5) is 4.92. The lowest BCUT2D eigenvalue weighted by Crippen LogP contribution is -2.12. The summed E-state index contributed by atoms with van der Waals surface area (Å²) in [6.45, 7) is 6.65. The Morgan fingerprint density at radius 3 is 1.72 bits per heavy atom. The number of fused-ring (bicyclic) bond motifs is 4. The highest BCUT2D eigenvalue weighted by atomic mass is 19.1. The molecule has 0 aliphatic carbocycles. The van der Waals surface area contributed by atoms with Gasteiger partial charge < -0.3 is 4.74 Å². The largest absolute Gasteiger partial charge is 0.503 e. The molecule has 2 aromatic heterocycles. The fourth-order valence-corrected chi connectivity index (χ4v) is 9.78. The quantitative estimate of drug-likeness (QED) is 0.135. The average Bonchev–Trinajstić information content (AvgIpc) is 3.95. The van der Waals surface area contributed by atoms with Crippen LogP contribution in [0.4, 0.5) is 31.5 Å². The van der Waals surface area contributed by atoms with Gasteiger partial charge in [-0.2, -0.15) is 0 Å². The molecule has 0 radical (unpaired) electrons. The van der Waals surface area contributed by atoms with Crippen LogP contribution in [0.25, 0.3) is 72.1 Å². The third-order valence-electron chi connectivity index (χ3n) is 13.2. The van der Waals surface area contributed by atoms with Crippen LogP contribution in [0.3, 0.4) is 0 Å². The van der Waals surface area contributed by atoms with E-state index in [-0.39, 0.29) is 5.41 Å². The molecule has 71 heavy (non-hydrogen) atoms. The lowest BCUT2D eigenvalue weighted by atomic mass is 9.88. The van der Waals surface area contributed by atoms with Gasteiger partial charge in [0.1, 0.15) is 29.0 Å². The smallest absolute Gasteiger partial charge is 0.457 e. The molecule has 11 aromatic rings. The molecule has 0 N–H and O–H groups in total. The number of halogens is 2. The normalized spacial score (nSPS) is 12.2. The van der Waals surface area contributed by atoms with Gasteiger partial charge in [0.05, 0.1) is 22.7 Å². The van der Waals surface area contributed by atoms with Crippen LogP contribution in [0.15, 0.2) is 225 Å². The van der Waals surface area contributed by atoms with Gasteiger partial charge >= 0.3 is 6.01 Å². The first-order chi connectivity index (χ1) is 34.6. The van der Waals surface area contributed by atoms with Crippen molar-refractivity contribution in [1.29, 1.82) is 0 Å². The van der Waals surface area contributed by atoms with Crippen molar-refractivity contribution in [1.82, 2.24) is 18.7 Å². The highest BCUT2D eigenvalue weighted by Crippen LogP contribution is 2.44. The molecule has 0 amide bonds. The molecular weight excluding hydrogens is 879 g/mol. The van der Waals surface area contributed by atoms with Crippen LogP contribution in [0, 0.1) is 11.6 Å². The van der Waals surface area contributed by atoms with Gasteiger partial charge in [0.15, 0.2) is 0 Å². The zero-order chi connectivity index (χ0) is 48.2. The van der Waals surface area contributed by atoms with Crippen LogP contribution in [0.5, 0.6) is 11.5 Å². The van der Waals surface area contributed by atoms with E-state index in [9.17, 15) is 8.78 Å². The molecule has 0 bridgehead atoms. The molecule has 3 heterocycles. The molecule has 5 nitrogen and oxygen atoms in total. The summed E-state index contributed by atoms with van der Waals surface area (Å²) in [5.74, 6) is 0.827. The molecule has 0 saturated heterocycles. The average molecular weight is 925 g/mol. The first-order valence-corrected chi connectivity index (χ1v) is 23.7. The van der Waals surface area contributed by atoms with E-state index in [1.165, 1.54) is 17.7 Å². The van der Waals surface area contributed by atoms with Crippen molar-refractivity contribution in [3.05, 3.63) is 242 Å². The predicted octanol–water partition coefficient (Wildman–Crippen LogP) is 17.1. The second kappa shape index (κ2) is 17.5. The molecule has 0 atom stereocenters. The molecule has 0 saturated carbocycles. The van der Waals surface area contributed by atoms with Crippen LogP contribution in [0.2, 0.25) is 0 Å². The molecule has 0 spiro atoms. The fraction of sp³-hybridized carbons (Fsp3) is 0.0625. The Bertz CT molecular complexity index is 3880. The molecule has 1 aliphatic rings. The Kier molecular flexibility index (Phi) is 10.7. The van der Waals surface area contributed by atoms with E-state index in [0.29, 0.717) is 22.6 Å². The van der Waals surface area contributed by atoms with E-state index < -0.39 is 11.6 Å². The number of pyridine rings is 1. The molecule has 7 heteroatoms. The third kappa shape index (κ3) is 8.18. The van der Waals surface area contributed by atoms with Gasteiger partial charge in [-0.05, 0) is 132 Å². The maximum absolute atomic E-state index is 14.7.